The highest BCUT2D eigenvalue weighted by Gasteiger charge is 2.33. The second-order valence-corrected chi connectivity index (χ2v) is 8.11. The zero-order chi connectivity index (χ0) is 21.2. The molecular weight excluding hydrogens is 390 g/mol. The summed E-state index contributed by atoms with van der Waals surface area (Å²) >= 11 is 0. The van der Waals surface area contributed by atoms with Crippen LogP contribution in [-0.4, -0.2) is 35.3 Å². The van der Waals surface area contributed by atoms with Gasteiger partial charge in [0, 0.05) is 12.1 Å². The van der Waals surface area contributed by atoms with E-state index in [-0.39, 0.29) is 6.04 Å². The largest absolute Gasteiger partial charge is 0.662 e. The minimum atomic E-state index is -0.465. The fourth-order valence-corrected chi connectivity index (χ4v) is 4.64. The van der Waals surface area contributed by atoms with Gasteiger partial charge >= 0.3 is 0 Å². The van der Waals surface area contributed by atoms with Gasteiger partial charge in [0.05, 0.1) is 6.04 Å². The highest BCUT2D eigenvalue weighted by Crippen LogP contribution is 2.40. The molecule has 1 saturated heterocycles. The zero-order valence-corrected chi connectivity index (χ0v) is 17.3. The van der Waals surface area contributed by atoms with Crippen molar-refractivity contribution in [1.82, 2.24) is 9.78 Å². The van der Waals surface area contributed by atoms with E-state index in [1.807, 2.05) is 59.3 Å². The molecular formula is C24H26N5O2-. The highest BCUT2D eigenvalue weighted by molar-refractivity contribution is 6.03. The summed E-state index contributed by atoms with van der Waals surface area (Å²) in [5.74, 6) is 2.30. The number of hydrogen-bond acceptors (Lipinski definition) is 4. The molecule has 5 rings (SSSR count). The second kappa shape index (κ2) is 8.43. The maximum Gasteiger partial charge on any atom is 0.254 e. The second-order valence-electron chi connectivity index (χ2n) is 8.11. The van der Waals surface area contributed by atoms with Crippen LogP contribution in [0.25, 0.3) is 16.6 Å². The third kappa shape index (κ3) is 3.88. The van der Waals surface area contributed by atoms with Gasteiger partial charge in [-0.05, 0) is 48.7 Å². The molecule has 1 fully saturated rings. The molecule has 7 nitrogen and oxygen atoms in total. The molecule has 160 valence electrons. The van der Waals surface area contributed by atoms with Crippen molar-refractivity contribution in [3.05, 3.63) is 65.5 Å². The van der Waals surface area contributed by atoms with Crippen molar-refractivity contribution in [3.8, 4) is 22.8 Å². The highest BCUT2D eigenvalue weighted by atomic mass is 16.5. The summed E-state index contributed by atoms with van der Waals surface area (Å²) in [5.41, 5.74) is 7.73. The number of rotatable bonds is 5. The van der Waals surface area contributed by atoms with E-state index in [0.717, 1.165) is 61.8 Å². The summed E-state index contributed by atoms with van der Waals surface area (Å²) in [6, 6.07) is 17.5. The van der Waals surface area contributed by atoms with Gasteiger partial charge in [0.1, 0.15) is 28.6 Å². The molecule has 0 saturated carbocycles. The van der Waals surface area contributed by atoms with Crippen molar-refractivity contribution >= 4 is 11.7 Å². The molecule has 3 aromatic rings. The molecule has 3 heterocycles. The Hall–Kier alpha value is -3.32. The van der Waals surface area contributed by atoms with Gasteiger partial charge in [-0.15, -0.1) is 13.1 Å². The molecule has 3 N–H and O–H groups in total. The summed E-state index contributed by atoms with van der Waals surface area (Å²) in [6.07, 6.45) is 3.12. The van der Waals surface area contributed by atoms with Crippen molar-refractivity contribution in [2.75, 3.05) is 25.0 Å². The summed E-state index contributed by atoms with van der Waals surface area (Å²) in [4.78, 5) is 12.4. The quantitative estimate of drug-likeness (QED) is 0.636. The Bertz CT molecular complexity index is 1060. The number of nitrogens with two attached hydrogens (primary N) is 1. The monoisotopic (exact) mass is 416 g/mol. The number of benzene rings is 2. The predicted octanol–water partition coefficient (Wildman–Crippen LogP) is 4.58. The van der Waals surface area contributed by atoms with Crippen molar-refractivity contribution in [3.63, 3.8) is 0 Å². The number of nitrogens with zero attached hydrogens (tertiary/aromatic N) is 3. The fraction of sp³-hybridized carbons (Fsp3) is 0.333. The Balaban J connectivity index is 1.47. The smallest absolute Gasteiger partial charge is 0.254 e. The fourth-order valence-electron chi connectivity index (χ4n) is 4.64. The van der Waals surface area contributed by atoms with E-state index < -0.39 is 5.91 Å². The van der Waals surface area contributed by atoms with Gasteiger partial charge in [-0.3, -0.25) is 4.79 Å². The van der Waals surface area contributed by atoms with E-state index in [0.29, 0.717) is 17.2 Å². The lowest BCUT2D eigenvalue weighted by Gasteiger charge is -2.39. The van der Waals surface area contributed by atoms with Crippen LogP contribution in [0, 0.1) is 5.92 Å². The topological polar surface area (TPSA) is 96.3 Å². The van der Waals surface area contributed by atoms with E-state index >= 15 is 0 Å². The van der Waals surface area contributed by atoms with Crippen LogP contribution >= 0.6 is 0 Å². The summed E-state index contributed by atoms with van der Waals surface area (Å²) in [7, 11) is 0. The van der Waals surface area contributed by atoms with Crippen LogP contribution < -0.4 is 15.8 Å². The third-order valence-electron chi connectivity index (χ3n) is 6.17. The molecule has 31 heavy (non-hydrogen) atoms. The number of para-hydroxylation sites is 1. The van der Waals surface area contributed by atoms with Gasteiger partial charge in [-0.2, -0.15) is 5.10 Å². The Kier molecular flexibility index (Phi) is 5.34. The standard InChI is InChI=1S/C24H26N5O2/c25-23(30)21-22(17-6-8-19(9-7-17)31-18-4-2-1-3-5-18)28-29-20(12-15-27-24(21)29)16-10-13-26-14-11-16/h1-9,16,20,27H,10-15H2,(H2,25,30)/q-1/t20-/m0/s1. The van der Waals surface area contributed by atoms with Crippen LogP contribution in [0.3, 0.4) is 0 Å². The van der Waals surface area contributed by atoms with Gasteiger partial charge in [0.2, 0.25) is 0 Å². The number of amides is 1. The lowest BCUT2D eigenvalue weighted by molar-refractivity contribution is 0.100. The van der Waals surface area contributed by atoms with Crippen LogP contribution in [0.4, 0.5) is 5.82 Å². The van der Waals surface area contributed by atoms with Crippen LogP contribution in [-0.2, 0) is 0 Å². The summed E-state index contributed by atoms with van der Waals surface area (Å²) < 4.78 is 7.89. The number of piperidine rings is 1. The van der Waals surface area contributed by atoms with Gasteiger partial charge in [-0.25, -0.2) is 4.68 Å². The maximum atomic E-state index is 12.4. The Morgan fingerprint density at radius 1 is 1.03 bits per heavy atom. The molecule has 2 aliphatic rings. The van der Waals surface area contributed by atoms with E-state index in [1.165, 1.54) is 0 Å². The van der Waals surface area contributed by atoms with E-state index in [9.17, 15) is 4.79 Å². The van der Waals surface area contributed by atoms with E-state index in [1.54, 1.807) is 0 Å². The van der Waals surface area contributed by atoms with Crippen LogP contribution in [0.1, 0.15) is 35.7 Å². The Morgan fingerprint density at radius 3 is 2.45 bits per heavy atom. The number of aromatic nitrogens is 2. The molecule has 0 unspecified atom stereocenters. The van der Waals surface area contributed by atoms with Gasteiger partial charge < -0.3 is 21.1 Å². The average Bonchev–Trinajstić information content (AvgIpc) is 3.21. The molecule has 0 bridgehead atoms. The zero-order valence-electron chi connectivity index (χ0n) is 17.3. The number of primary amides is 1. The van der Waals surface area contributed by atoms with Crippen molar-refractivity contribution in [2.45, 2.75) is 25.3 Å². The van der Waals surface area contributed by atoms with E-state index in [4.69, 9.17) is 15.6 Å². The lowest BCUT2D eigenvalue weighted by atomic mass is 9.87. The first-order chi connectivity index (χ1) is 15.2. The molecule has 0 radical (unpaired) electrons. The van der Waals surface area contributed by atoms with Gasteiger partial charge in [-0.1, -0.05) is 31.0 Å². The number of hydrogen-bond donors (Lipinski definition) is 2. The third-order valence-corrected chi connectivity index (χ3v) is 6.17. The molecule has 0 spiro atoms. The molecule has 2 aliphatic heterocycles. The normalized spacial score (nSPS) is 18.8. The number of fused-ring (bicyclic) bond motifs is 1. The van der Waals surface area contributed by atoms with Crippen molar-refractivity contribution < 1.29 is 9.53 Å². The first kappa shape index (κ1) is 19.6. The van der Waals surface area contributed by atoms with Gasteiger partial charge in [0.15, 0.2) is 0 Å². The number of carbonyl (C=O) groups is 1. The van der Waals surface area contributed by atoms with Crippen molar-refractivity contribution in [1.29, 1.82) is 0 Å². The number of nitrogens with one attached hydrogen (secondary N) is 1. The number of ether oxygens (including phenoxy) is 1. The van der Waals surface area contributed by atoms with Crippen LogP contribution in [0.15, 0.2) is 54.6 Å². The van der Waals surface area contributed by atoms with Crippen LogP contribution in [0.5, 0.6) is 11.5 Å². The summed E-state index contributed by atoms with van der Waals surface area (Å²) in [5, 5.41) is 12.7. The number of anilines is 1. The van der Waals surface area contributed by atoms with Gasteiger partial charge in [0.25, 0.3) is 5.91 Å². The predicted molar refractivity (Wildman–Crippen MR) is 121 cm³/mol. The number of carbonyl (C=O) groups excluding carboxylic acids is 1. The van der Waals surface area contributed by atoms with Crippen LogP contribution in [0.2, 0.25) is 0 Å². The minimum Gasteiger partial charge on any atom is -0.662 e. The minimum absolute atomic E-state index is 0.263. The Labute approximate surface area is 181 Å². The molecule has 1 aromatic heterocycles. The molecule has 2 aromatic carbocycles. The average molecular weight is 417 g/mol. The first-order valence-corrected chi connectivity index (χ1v) is 10.8. The SMILES string of the molecule is NC(=O)c1c(-c2ccc(Oc3ccccc3)cc2)nn2c1NCC[C@H]2C1CC[N-]CC1. The maximum absolute atomic E-state index is 12.4. The molecule has 7 heteroatoms. The molecule has 1 amide bonds. The van der Waals surface area contributed by atoms with E-state index in [2.05, 4.69) is 10.6 Å². The molecule has 1 atom stereocenters. The lowest BCUT2D eigenvalue weighted by Crippen LogP contribution is -2.32. The first-order valence-electron chi connectivity index (χ1n) is 10.8. The van der Waals surface area contributed by atoms with Crippen molar-refractivity contribution in [2.24, 2.45) is 11.7 Å². The summed E-state index contributed by atoms with van der Waals surface area (Å²) in [6.45, 7) is 2.63. The molecule has 0 aliphatic carbocycles. The Morgan fingerprint density at radius 2 is 1.74 bits per heavy atom.